The number of aromatic nitrogens is 2. The van der Waals surface area contributed by atoms with Crippen molar-refractivity contribution < 1.29 is 4.79 Å². The van der Waals surface area contributed by atoms with E-state index in [0.717, 1.165) is 49.4 Å². The number of carbonyl (C=O) groups is 1. The standard InChI is InChI=1S/C25H30N4O/c1-4-19-6-5-7-21(15-19)28-25(30)23-16-27-29(22-9-8-17(2)18(3)14-22)24(23)20-10-12-26-13-11-20/h5-9,14-16,20,26H,4,10-13H2,1-3H3,(H,28,30). The molecule has 5 nitrogen and oxygen atoms in total. The fourth-order valence-corrected chi connectivity index (χ4v) is 4.15. The maximum Gasteiger partial charge on any atom is 0.259 e. The molecule has 30 heavy (non-hydrogen) atoms. The van der Waals surface area contributed by atoms with Crippen molar-refractivity contribution >= 4 is 11.6 Å². The average Bonchev–Trinajstić information content (AvgIpc) is 3.22. The van der Waals surface area contributed by atoms with Crippen LogP contribution in [0.5, 0.6) is 0 Å². The first-order valence-corrected chi connectivity index (χ1v) is 10.8. The molecular weight excluding hydrogens is 372 g/mol. The molecule has 3 aromatic rings. The summed E-state index contributed by atoms with van der Waals surface area (Å²) in [4.78, 5) is 13.3. The van der Waals surface area contributed by atoms with Crippen molar-refractivity contribution in [1.29, 1.82) is 0 Å². The van der Waals surface area contributed by atoms with Crippen LogP contribution in [-0.2, 0) is 6.42 Å². The monoisotopic (exact) mass is 402 g/mol. The van der Waals surface area contributed by atoms with Gasteiger partial charge in [0.1, 0.15) is 0 Å². The Morgan fingerprint density at radius 2 is 1.93 bits per heavy atom. The fourth-order valence-electron chi connectivity index (χ4n) is 4.15. The Balaban J connectivity index is 1.72. The summed E-state index contributed by atoms with van der Waals surface area (Å²) in [5, 5.41) is 11.2. The van der Waals surface area contributed by atoms with Gasteiger partial charge in [0, 0.05) is 11.6 Å². The van der Waals surface area contributed by atoms with Gasteiger partial charge in [-0.15, -0.1) is 0 Å². The van der Waals surface area contributed by atoms with Crippen molar-refractivity contribution in [3.05, 3.63) is 76.6 Å². The molecule has 1 aliphatic heterocycles. The Labute approximate surface area is 178 Å². The van der Waals surface area contributed by atoms with Crippen molar-refractivity contribution in [2.45, 2.75) is 46.0 Å². The summed E-state index contributed by atoms with van der Waals surface area (Å²) in [7, 11) is 0. The van der Waals surface area contributed by atoms with Gasteiger partial charge in [0.15, 0.2) is 0 Å². The highest BCUT2D eigenvalue weighted by Crippen LogP contribution is 2.31. The van der Waals surface area contributed by atoms with Crippen LogP contribution in [0.2, 0.25) is 0 Å². The second-order valence-electron chi connectivity index (χ2n) is 8.16. The first kappa shape index (κ1) is 20.4. The first-order chi connectivity index (χ1) is 14.6. The van der Waals surface area contributed by atoms with E-state index in [1.54, 1.807) is 6.20 Å². The molecule has 4 rings (SSSR count). The molecular formula is C25H30N4O. The van der Waals surface area contributed by atoms with Gasteiger partial charge in [0.05, 0.1) is 23.1 Å². The highest BCUT2D eigenvalue weighted by molar-refractivity contribution is 6.05. The summed E-state index contributed by atoms with van der Waals surface area (Å²) in [5.74, 6) is 0.213. The van der Waals surface area contributed by atoms with Crippen LogP contribution in [-0.4, -0.2) is 28.8 Å². The Kier molecular flexibility index (Phi) is 6.00. The van der Waals surface area contributed by atoms with Crippen molar-refractivity contribution in [3.63, 3.8) is 0 Å². The van der Waals surface area contributed by atoms with E-state index in [1.165, 1.54) is 16.7 Å². The third kappa shape index (κ3) is 4.17. The number of hydrogen-bond acceptors (Lipinski definition) is 3. The zero-order valence-electron chi connectivity index (χ0n) is 18.0. The number of aryl methyl sites for hydroxylation is 3. The molecule has 1 aliphatic rings. The van der Waals surface area contributed by atoms with Crippen molar-refractivity contribution in [2.75, 3.05) is 18.4 Å². The summed E-state index contributed by atoms with van der Waals surface area (Å²) in [5.41, 5.74) is 7.21. The average molecular weight is 403 g/mol. The predicted octanol–water partition coefficient (Wildman–Crippen LogP) is 4.77. The van der Waals surface area contributed by atoms with Crippen LogP contribution in [0.4, 0.5) is 5.69 Å². The summed E-state index contributed by atoms with van der Waals surface area (Å²) in [6.45, 7) is 8.26. The highest BCUT2D eigenvalue weighted by atomic mass is 16.1. The van der Waals surface area contributed by atoms with Crippen LogP contribution in [0.3, 0.4) is 0 Å². The largest absolute Gasteiger partial charge is 0.322 e. The minimum atomic E-state index is -0.0909. The molecule has 2 N–H and O–H groups in total. The number of piperidine rings is 1. The third-order valence-electron chi connectivity index (χ3n) is 6.11. The third-order valence-corrected chi connectivity index (χ3v) is 6.11. The highest BCUT2D eigenvalue weighted by Gasteiger charge is 2.27. The van der Waals surface area contributed by atoms with Crippen LogP contribution in [0.25, 0.3) is 5.69 Å². The number of nitrogens with one attached hydrogen (secondary N) is 2. The van der Waals surface area contributed by atoms with Crippen LogP contribution in [0.1, 0.15) is 58.4 Å². The molecule has 1 amide bonds. The number of benzene rings is 2. The molecule has 0 atom stereocenters. The normalized spacial score (nSPS) is 14.6. The van der Waals surface area contributed by atoms with Gasteiger partial charge in [-0.2, -0.15) is 5.10 Å². The molecule has 0 unspecified atom stereocenters. The second-order valence-corrected chi connectivity index (χ2v) is 8.16. The maximum atomic E-state index is 13.3. The van der Waals surface area contributed by atoms with E-state index >= 15 is 0 Å². The smallest absolute Gasteiger partial charge is 0.259 e. The summed E-state index contributed by atoms with van der Waals surface area (Å²) in [6, 6.07) is 14.4. The Morgan fingerprint density at radius 3 is 2.67 bits per heavy atom. The topological polar surface area (TPSA) is 59.0 Å². The van der Waals surface area contributed by atoms with Crippen LogP contribution in [0.15, 0.2) is 48.7 Å². The lowest BCUT2D eigenvalue weighted by atomic mass is 9.91. The van der Waals surface area contributed by atoms with E-state index in [-0.39, 0.29) is 5.91 Å². The summed E-state index contributed by atoms with van der Waals surface area (Å²) in [6.07, 6.45) is 4.67. The number of hydrogen-bond donors (Lipinski definition) is 2. The molecule has 2 heterocycles. The van der Waals surface area contributed by atoms with E-state index in [0.29, 0.717) is 11.5 Å². The number of amides is 1. The van der Waals surface area contributed by atoms with Gasteiger partial charge < -0.3 is 10.6 Å². The molecule has 0 saturated carbocycles. The van der Waals surface area contributed by atoms with Gasteiger partial charge in [-0.1, -0.05) is 25.1 Å². The van der Waals surface area contributed by atoms with Crippen LogP contribution in [0, 0.1) is 13.8 Å². The van der Waals surface area contributed by atoms with Gasteiger partial charge in [-0.25, -0.2) is 4.68 Å². The molecule has 0 bridgehead atoms. The fraction of sp³-hybridized carbons (Fsp3) is 0.360. The zero-order valence-corrected chi connectivity index (χ0v) is 18.0. The van der Waals surface area contributed by atoms with Crippen LogP contribution >= 0.6 is 0 Å². The maximum absolute atomic E-state index is 13.3. The Hall–Kier alpha value is -2.92. The molecule has 0 spiro atoms. The number of rotatable bonds is 5. The van der Waals surface area contributed by atoms with Crippen molar-refractivity contribution in [1.82, 2.24) is 15.1 Å². The van der Waals surface area contributed by atoms with Gasteiger partial charge >= 0.3 is 0 Å². The van der Waals surface area contributed by atoms with Gasteiger partial charge in [-0.05, 0) is 87.2 Å². The quantitative estimate of drug-likeness (QED) is 0.646. The predicted molar refractivity (Wildman–Crippen MR) is 122 cm³/mol. The molecule has 156 valence electrons. The number of anilines is 1. The van der Waals surface area contributed by atoms with Gasteiger partial charge in [0.2, 0.25) is 0 Å². The number of carbonyl (C=O) groups excluding carboxylic acids is 1. The van der Waals surface area contributed by atoms with Crippen molar-refractivity contribution in [3.8, 4) is 5.69 Å². The molecule has 1 saturated heterocycles. The molecule has 2 aromatic carbocycles. The van der Waals surface area contributed by atoms with E-state index in [2.05, 4.69) is 60.8 Å². The van der Waals surface area contributed by atoms with Crippen molar-refractivity contribution in [2.24, 2.45) is 0 Å². The van der Waals surface area contributed by atoms with E-state index in [9.17, 15) is 4.79 Å². The molecule has 0 aliphatic carbocycles. The Bertz CT molecular complexity index is 1050. The van der Waals surface area contributed by atoms with E-state index < -0.39 is 0 Å². The minimum Gasteiger partial charge on any atom is -0.322 e. The summed E-state index contributed by atoms with van der Waals surface area (Å²) < 4.78 is 1.97. The van der Waals surface area contributed by atoms with Gasteiger partial charge in [0.25, 0.3) is 5.91 Å². The summed E-state index contributed by atoms with van der Waals surface area (Å²) >= 11 is 0. The minimum absolute atomic E-state index is 0.0909. The first-order valence-electron chi connectivity index (χ1n) is 10.8. The van der Waals surface area contributed by atoms with Gasteiger partial charge in [-0.3, -0.25) is 4.79 Å². The lowest BCUT2D eigenvalue weighted by Gasteiger charge is -2.25. The molecule has 0 radical (unpaired) electrons. The lowest BCUT2D eigenvalue weighted by Crippen LogP contribution is -2.29. The van der Waals surface area contributed by atoms with E-state index in [4.69, 9.17) is 0 Å². The second kappa shape index (κ2) is 8.84. The molecule has 1 aromatic heterocycles. The zero-order chi connectivity index (χ0) is 21.1. The molecule has 1 fully saturated rings. The Morgan fingerprint density at radius 1 is 1.13 bits per heavy atom. The number of nitrogens with zero attached hydrogens (tertiary/aromatic N) is 2. The van der Waals surface area contributed by atoms with Crippen LogP contribution < -0.4 is 10.6 Å². The lowest BCUT2D eigenvalue weighted by molar-refractivity contribution is 0.102. The molecule has 5 heteroatoms. The van der Waals surface area contributed by atoms with E-state index in [1.807, 2.05) is 22.9 Å². The SMILES string of the molecule is CCc1cccc(NC(=O)c2cnn(-c3ccc(C)c(C)c3)c2C2CCNCC2)c1.